The van der Waals surface area contributed by atoms with Gasteiger partial charge in [-0.2, -0.15) is 0 Å². The number of anilines is 1. The van der Waals surface area contributed by atoms with Crippen LogP contribution in [-0.2, 0) is 20.8 Å². The van der Waals surface area contributed by atoms with Crippen LogP contribution in [-0.4, -0.2) is 69.3 Å². The summed E-state index contributed by atoms with van der Waals surface area (Å²) >= 11 is 0. The highest BCUT2D eigenvalue weighted by Crippen LogP contribution is 2.26. The highest BCUT2D eigenvalue weighted by molar-refractivity contribution is 6.05. The number of carbonyl (C=O) groups excluding carboxylic acids is 3. The van der Waals surface area contributed by atoms with Crippen molar-refractivity contribution in [3.8, 4) is 0 Å². The summed E-state index contributed by atoms with van der Waals surface area (Å²) in [5.41, 5.74) is 6.76. The summed E-state index contributed by atoms with van der Waals surface area (Å²) in [6.07, 6.45) is 0.0207. The van der Waals surface area contributed by atoms with Crippen LogP contribution in [0.15, 0.2) is 59.7 Å². The molecular weight excluding hydrogens is 474 g/mol. The molecule has 0 aliphatic carbocycles. The fourth-order valence-corrected chi connectivity index (χ4v) is 3.58. The first kappa shape index (κ1) is 25.6. The van der Waals surface area contributed by atoms with Crippen LogP contribution in [0.4, 0.5) is 10.5 Å². The third-order valence-corrected chi connectivity index (χ3v) is 5.16. The van der Waals surface area contributed by atoms with Crippen LogP contribution in [0.25, 0.3) is 0 Å². The van der Waals surface area contributed by atoms with Crippen LogP contribution < -0.4 is 16.4 Å². The lowest BCUT2D eigenvalue weighted by atomic mass is 10.1. The van der Waals surface area contributed by atoms with Crippen molar-refractivity contribution >= 4 is 35.5 Å². The molecule has 2 aromatic carbocycles. The van der Waals surface area contributed by atoms with Gasteiger partial charge < -0.3 is 26.4 Å². The van der Waals surface area contributed by atoms with Crippen molar-refractivity contribution in [2.24, 2.45) is 10.8 Å². The van der Waals surface area contributed by atoms with Crippen molar-refractivity contribution in [3.05, 3.63) is 75.8 Å². The standard InChI is InChI=1S/C22H23N7O7/c23-21(26-29(35)36)25-16-8-6-14(7-9-16)12-17(30)24-10-11-27-13-18(31)28(22(27)34)19(20(32)33)15-4-2-1-3-5-15/h1-9,19H,10-13H2,(H,24,30)(H,32,33)(H3,23,25,26). The quantitative estimate of drug-likeness (QED) is 0.117. The summed E-state index contributed by atoms with van der Waals surface area (Å²) in [6.45, 7) is -0.211. The smallest absolute Gasteiger partial charge is 0.331 e. The van der Waals surface area contributed by atoms with Gasteiger partial charge in [-0.05, 0) is 23.3 Å². The molecule has 36 heavy (non-hydrogen) atoms. The van der Waals surface area contributed by atoms with Crippen LogP contribution >= 0.6 is 0 Å². The average molecular weight is 497 g/mol. The first-order chi connectivity index (χ1) is 17.2. The molecule has 1 saturated heterocycles. The van der Waals surface area contributed by atoms with E-state index in [2.05, 4.69) is 15.7 Å². The minimum Gasteiger partial charge on any atom is -0.479 e. The highest BCUT2D eigenvalue weighted by Gasteiger charge is 2.43. The van der Waals surface area contributed by atoms with Crippen LogP contribution in [0, 0.1) is 10.1 Å². The molecule has 14 heteroatoms. The zero-order valence-electron chi connectivity index (χ0n) is 18.9. The Balaban J connectivity index is 1.51. The number of guanidine groups is 1. The minimum absolute atomic E-state index is 0.0197. The Labute approximate surface area is 204 Å². The molecule has 14 nitrogen and oxygen atoms in total. The lowest BCUT2D eigenvalue weighted by molar-refractivity contribution is -0.485. The number of carbonyl (C=O) groups is 4. The predicted molar refractivity (Wildman–Crippen MR) is 126 cm³/mol. The number of hydrogen-bond donors (Lipinski definition) is 4. The number of hydrogen-bond acceptors (Lipinski definition) is 6. The summed E-state index contributed by atoms with van der Waals surface area (Å²) in [5, 5.41) is 27.1. The molecule has 0 saturated carbocycles. The number of nitrogens with one attached hydrogen (secondary N) is 2. The SMILES string of the molecule is NC(=N[N+](=O)[O-])Nc1ccc(CC(=O)NCCN2CC(=O)N(C(C(=O)O)c3ccccc3)C2=O)cc1. The van der Waals surface area contributed by atoms with E-state index in [1.54, 1.807) is 42.5 Å². The zero-order valence-corrected chi connectivity index (χ0v) is 18.9. The van der Waals surface area contributed by atoms with Crippen molar-refractivity contribution in [1.29, 1.82) is 0 Å². The molecular formula is C22H23N7O7. The number of aliphatic carboxylic acids is 1. The van der Waals surface area contributed by atoms with E-state index < -0.39 is 34.9 Å². The molecule has 0 bridgehead atoms. The number of imide groups is 1. The Morgan fingerprint density at radius 3 is 2.42 bits per heavy atom. The topological polar surface area (TPSA) is 201 Å². The van der Waals surface area contributed by atoms with Crippen LogP contribution in [0.3, 0.4) is 0 Å². The fourth-order valence-electron chi connectivity index (χ4n) is 3.58. The lowest BCUT2D eigenvalue weighted by Crippen LogP contribution is -2.41. The van der Waals surface area contributed by atoms with Gasteiger partial charge in [-0.15, -0.1) is 0 Å². The molecule has 4 amide bonds. The van der Waals surface area contributed by atoms with E-state index in [4.69, 9.17) is 5.73 Å². The van der Waals surface area contributed by atoms with Gasteiger partial charge in [-0.1, -0.05) is 42.5 Å². The van der Waals surface area contributed by atoms with E-state index in [0.29, 0.717) is 16.8 Å². The van der Waals surface area contributed by atoms with Crippen molar-refractivity contribution < 1.29 is 29.3 Å². The second-order valence-electron chi connectivity index (χ2n) is 7.69. The molecule has 1 heterocycles. The normalized spacial score (nSPS) is 14.5. The maximum Gasteiger partial charge on any atom is 0.331 e. The molecule has 5 N–H and O–H groups in total. The summed E-state index contributed by atoms with van der Waals surface area (Å²) in [5.74, 6) is -2.70. The number of nitrogens with zero attached hydrogens (tertiary/aromatic N) is 4. The van der Waals surface area contributed by atoms with E-state index in [9.17, 15) is 34.4 Å². The van der Waals surface area contributed by atoms with E-state index in [-0.39, 0.29) is 32.0 Å². The number of carboxylic acids is 1. The number of rotatable bonds is 10. The van der Waals surface area contributed by atoms with E-state index >= 15 is 0 Å². The molecule has 2 aromatic rings. The monoisotopic (exact) mass is 497 g/mol. The van der Waals surface area contributed by atoms with Gasteiger partial charge in [0.25, 0.3) is 11.9 Å². The molecule has 188 valence electrons. The first-order valence-corrected chi connectivity index (χ1v) is 10.7. The van der Waals surface area contributed by atoms with Crippen LogP contribution in [0.5, 0.6) is 0 Å². The second kappa shape index (κ2) is 11.4. The second-order valence-corrected chi connectivity index (χ2v) is 7.69. The van der Waals surface area contributed by atoms with Gasteiger partial charge in [-0.25, -0.2) is 24.6 Å². The Morgan fingerprint density at radius 2 is 1.81 bits per heavy atom. The fraction of sp³-hybridized carbons (Fsp3) is 0.227. The third kappa shape index (κ3) is 6.53. The molecule has 1 fully saturated rings. The van der Waals surface area contributed by atoms with Gasteiger partial charge in [0.05, 0.1) is 6.42 Å². The van der Waals surface area contributed by atoms with Crippen molar-refractivity contribution in [2.75, 3.05) is 25.0 Å². The van der Waals surface area contributed by atoms with Gasteiger partial charge in [-0.3, -0.25) is 9.59 Å². The van der Waals surface area contributed by atoms with Crippen molar-refractivity contribution in [2.45, 2.75) is 12.5 Å². The Kier molecular flexibility index (Phi) is 8.12. The number of carboxylic acid groups (broad SMARTS) is 1. The van der Waals surface area contributed by atoms with Crippen molar-refractivity contribution in [1.82, 2.24) is 15.1 Å². The molecule has 1 aliphatic rings. The molecule has 1 atom stereocenters. The molecule has 3 rings (SSSR count). The number of benzene rings is 2. The van der Waals surface area contributed by atoms with E-state index in [1.807, 2.05) is 0 Å². The summed E-state index contributed by atoms with van der Waals surface area (Å²) in [4.78, 5) is 61.5. The largest absolute Gasteiger partial charge is 0.479 e. The number of nitro groups is 1. The molecule has 0 aromatic heterocycles. The Hall–Kier alpha value is -5.01. The number of amides is 4. The van der Waals surface area contributed by atoms with Gasteiger partial charge in [0.15, 0.2) is 11.1 Å². The predicted octanol–water partition coefficient (Wildman–Crippen LogP) is 0.354. The van der Waals surface area contributed by atoms with Gasteiger partial charge in [0.1, 0.15) is 11.6 Å². The van der Waals surface area contributed by atoms with E-state index in [0.717, 1.165) is 4.90 Å². The van der Waals surface area contributed by atoms with E-state index in [1.165, 1.54) is 17.0 Å². The zero-order chi connectivity index (χ0) is 26.2. The van der Waals surface area contributed by atoms with Gasteiger partial charge >= 0.3 is 12.0 Å². The van der Waals surface area contributed by atoms with Crippen molar-refractivity contribution in [3.63, 3.8) is 0 Å². The molecule has 1 aliphatic heterocycles. The van der Waals surface area contributed by atoms with Crippen LogP contribution in [0.1, 0.15) is 17.2 Å². The maximum absolute atomic E-state index is 12.8. The molecule has 0 radical (unpaired) electrons. The molecule has 0 spiro atoms. The third-order valence-electron chi connectivity index (χ3n) is 5.16. The number of urea groups is 1. The Morgan fingerprint density at radius 1 is 1.14 bits per heavy atom. The highest BCUT2D eigenvalue weighted by atomic mass is 16.7. The maximum atomic E-state index is 12.8. The molecule has 1 unspecified atom stereocenters. The number of hydrazone groups is 1. The van der Waals surface area contributed by atoms with Gasteiger partial charge in [0.2, 0.25) is 5.91 Å². The van der Waals surface area contributed by atoms with Gasteiger partial charge in [0, 0.05) is 18.8 Å². The minimum atomic E-state index is -1.44. The lowest BCUT2D eigenvalue weighted by Gasteiger charge is -2.23. The average Bonchev–Trinajstić information content (AvgIpc) is 3.08. The number of nitrogens with two attached hydrogens (primary N) is 1. The summed E-state index contributed by atoms with van der Waals surface area (Å²) < 4.78 is 0. The Bertz CT molecular complexity index is 1180. The van der Waals surface area contributed by atoms with Crippen LogP contribution in [0.2, 0.25) is 0 Å². The first-order valence-electron chi connectivity index (χ1n) is 10.7. The summed E-state index contributed by atoms with van der Waals surface area (Å²) in [7, 11) is 0. The summed E-state index contributed by atoms with van der Waals surface area (Å²) in [6, 6.07) is 12.2.